The third-order valence-corrected chi connectivity index (χ3v) is 5.76. The van der Waals surface area contributed by atoms with Gasteiger partial charge >= 0.3 is 0 Å². The topological polar surface area (TPSA) is 34.1 Å². The van der Waals surface area contributed by atoms with Gasteiger partial charge < -0.3 is 4.79 Å². The minimum Gasteiger partial charge on any atom is -0.302 e. The fourth-order valence-electron chi connectivity index (χ4n) is 3.06. The lowest BCUT2D eigenvalue weighted by molar-refractivity contribution is -0.109. The van der Waals surface area contributed by atoms with Gasteiger partial charge in [0.15, 0.2) is 6.29 Å². The Kier molecular flexibility index (Phi) is 3.66. The molecule has 0 radical (unpaired) electrons. The average Bonchev–Trinajstić information content (AvgIpc) is 3.31. The second kappa shape index (κ2) is 5.84. The molecule has 2 aromatic carbocycles. The van der Waals surface area contributed by atoms with Crippen LogP contribution in [0.4, 0.5) is 0 Å². The summed E-state index contributed by atoms with van der Waals surface area (Å²) >= 11 is 1.58. The Morgan fingerprint density at radius 3 is 1.92 bits per heavy atom. The molecule has 1 heterocycles. The van der Waals surface area contributed by atoms with Crippen molar-refractivity contribution in [2.75, 3.05) is 0 Å². The molecule has 1 aliphatic carbocycles. The molecule has 0 atom stereocenters. The molecule has 24 heavy (non-hydrogen) atoms. The molecular formula is C21H16O2S. The standard InChI is InChI=1S/C21H16O2S/c22-13-18-9-12-24-20(18)17-3-1-15(2-4-17)16-5-7-19(8-6-16)21(14-23)10-11-21/h1-9,12-14H,10-11H2. The van der Waals surface area contributed by atoms with Crippen LogP contribution in [0.1, 0.15) is 28.8 Å². The molecule has 3 heteroatoms. The van der Waals surface area contributed by atoms with Gasteiger partial charge in [-0.05, 0) is 46.5 Å². The van der Waals surface area contributed by atoms with Crippen LogP contribution in [0.2, 0.25) is 0 Å². The number of benzene rings is 2. The Morgan fingerprint density at radius 2 is 1.38 bits per heavy atom. The van der Waals surface area contributed by atoms with Gasteiger partial charge in [-0.3, -0.25) is 4.79 Å². The van der Waals surface area contributed by atoms with E-state index in [1.165, 1.54) is 0 Å². The van der Waals surface area contributed by atoms with Crippen LogP contribution in [0.15, 0.2) is 60.0 Å². The van der Waals surface area contributed by atoms with Crippen molar-refractivity contribution < 1.29 is 9.59 Å². The third-order valence-electron chi connectivity index (χ3n) is 4.78. The number of hydrogen-bond acceptors (Lipinski definition) is 3. The predicted molar refractivity (Wildman–Crippen MR) is 97.6 cm³/mol. The van der Waals surface area contributed by atoms with Crippen LogP contribution in [0.25, 0.3) is 21.6 Å². The van der Waals surface area contributed by atoms with Gasteiger partial charge in [0, 0.05) is 10.4 Å². The first-order chi connectivity index (χ1) is 11.8. The summed E-state index contributed by atoms with van der Waals surface area (Å²) in [4.78, 5) is 23.3. The van der Waals surface area contributed by atoms with Crippen LogP contribution in [-0.4, -0.2) is 12.6 Å². The molecule has 0 aliphatic heterocycles. The van der Waals surface area contributed by atoms with Gasteiger partial charge in [-0.15, -0.1) is 11.3 Å². The van der Waals surface area contributed by atoms with E-state index in [1.54, 1.807) is 11.3 Å². The second-order valence-electron chi connectivity index (χ2n) is 6.25. The van der Waals surface area contributed by atoms with E-state index in [1.807, 2.05) is 11.4 Å². The maximum Gasteiger partial charge on any atom is 0.151 e. The summed E-state index contributed by atoms with van der Waals surface area (Å²) in [5.41, 5.74) is 4.96. The molecule has 1 fully saturated rings. The molecule has 4 rings (SSSR count). The molecule has 0 spiro atoms. The zero-order chi connectivity index (χ0) is 16.6. The minimum absolute atomic E-state index is 0.215. The van der Waals surface area contributed by atoms with E-state index in [-0.39, 0.29) is 5.41 Å². The number of aldehydes is 2. The molecule has 118 valence electrons. The number of rotatable bonds is 5. The van der Waals surface area contributed by atoms with Gasteiger partial charge in [-0.1, -0.05) is 48.5 Å². The molecule has 0 amide bonds. The van der Waals surface area contributed by atoms with E-state index < -0.39 is 0 Å². The Labute approximate surface area is 144 Å². The Bertz CT molecular complexity index is 884. The van der Waals surface area contributed by atoms with Gasteiger partial charge in [0.05, 0.1) is 5.41 Å². The smallest absolute Gasteiger partial charge is 0.151 e. The van der Waals surface area contributed by atoms with Crippen LogP contribution in [0, 0.1) is 0 Å². The molecular weight excluding hydrogens is 316 g/mol. The normalized spacial score (nSPS) is 15.0. The lowest BCUT2D eigenvalue weighted by Crippen LogP contribution is -2.07. The zero-order valence-corrected chi connectivity index (χ0v) is 13.9. The first-order valence-corrected chi connectivity index (χ1v) is 8.84. The van der Waals surface area contributed by atoms with Crippen molar-refractivity contribution in [1.82, 2.24) is 0 Å². The van der Waals surface area contributed by atoms with Crippen molar-refractivity contribution in [3.8, 4) is 21.6 Å². The van der Waals surface area contributed by atoms with Crippen molar-refractivity contribution in [1.29, 1.82) is 0 Å². The van der Waals surface area contributed by atoms with Crippen LogP contribution in [-0.2, 0) is 10.2 Å². The quantitative estimate of drug-likeness (QED) is 0.607. The van der Waals surface area contributed by atoms with E-state index in [9.17, 15) is 9.59 Å². The lowest BCUT2D eigenvalue weighted by Gasteiger charge is -2.09. The fourth-order valence-corrected chi connectivity index (χ4v) is 3.94. The van der Waals surface area contributed by atoms with Crippen LogP contribution < -0.4 is 0 Å². The van der Waals surface area contributed by atoms with Crippen LogP contribution in [0.3, 0.4) is 0 Å². The molecule has 0 saturated heterocycles. The Hall–Kier alpha value is -2.52. The van der Waals surface area contributed by atoms with Crippen molar-refractivity contribution >= 4 is 23.9 Å². The highest BCUT2D eigenvalue weighted by atomic mass is 32.1. The number of carbonyl (C=O) groups is 2. The largest absolute Gasteiger partial charge is 0.302 e. The molecule has 0 bridgehead atoms. The summed E-state index contributed by atoms with van der Waals surface area (Å²) in [5.74, 6) is 0. The fraction of sp³-hybridized carbons (Fsp3) is 0.143. The summed E-state index contributed by atoms with van der Waals surface area (Å²) in [7, 11) is 0. The maximum atomic E-state index is 11.2. The minimum atomic E-state index is -0.215. The van der Waals surface area contributed by atoms with Crippen molar-refractivity contribution in [3.05, 3.63) is 71.1 Å². The molecule has 0 N–H and O–H groups in total. The highest BCUT2D eigenvalue weighted by Crippen LogP contribution is 2.46. The molecule has 2 nitrogen and oxygen atoms in total. The van der Waals surface area contributed by atoms with Gasteiger partial charge in [0.2, 0.25) is 0 Å². The van der Waals surface area contributed by atoms with Crippen molar-refractivity contribution in [3.63, 3.8) is 0 Å². The van der Waals surface area contributed by atoms with Gasteiger partial charge in [0.1, 0.15) is 6.29 Å². The molecule has 1 aliphatic rings. The van der Waals surface area contributed by atoms with Gasteiger partial charge in [-0.25, -0.2) is 0 Å². The number of carbonyl (C=O) groups excluding carboxylic acids is 2. The third kappa shape index (κ3) is 2.51. The van der Waals surface area contributed by atoms with E-state index in [0.29, 0.717) is 0 Å². The molecule has 1 saturated carbocycles. The highest BCUT2D eigenvalue weighted by molar-refractivity contribution is 7.14. The summed E-state index contributed by atoms with van der Waals surface area (Å²) < 4.78 is 0. The molecule has 1 aromatic heterocycles. The van der Waals surface area contributed by atoms with Crippen LogP contribution in [0.5, 0.6) is 0 Å². The summed E-state index contributed by atoms with van der Waals surface area (Å²) in [6.07, 6.45) is 3.91. The Balaban J connectivity index is 1.61. The molecule has 0 unspecified atom stereocenters. The first-order valence-electron chi connectivity index (χ1n) is 7.96. The van der Waals surface area contributed by atoms with E-state index >= 15 is 0 Å². The highest BCUT2D eigenvalue weighted by Gasteiger charge is 2.44. The van der Waals surface area contributed by atoms with E-state index in [2.05, 4.69) is 48.5 Å². The average molecular weight is 332 g/mol. The number of hydrogen-bond donors (Lipinski definition) is 0. The summed E-state index contributed by atoms with van der Waals surface area (Å²) in [6.45, 7) is 0. The first kappa shape index (κ1) is 15.0. The lowest BCUT2D eigenvalue weighted by atomic mass is 9.94. The maximum absolute atomic E-state index is 11.2. The number of thiophene rings is 1. The summed E-state index contributed by atoms with van der Waals surface area (Å²) in [6, 6.07) is 18.4. The zero-order valence-electron chi connectivity index (χ0n) is 13.1. The van der Waals surface area contributed by atoms with Crippen molar-refractivity contribution in [2.24, 2.45) is 0 Å². The van der Waals surface area contributed by atoms with Crippen molar-refractivity contribution in [2.45, 2.75) is 18.3 Å². The predicted octanol–water partition coefficient (Wildman–Crippen LogP) is 5.13. The monoisotopic (exact) mass is 332 g/mol. The van der Waals surface area contributed by atoms with Crippen LogP contribution >= 0.6 is 11.3 Å². The van der Waals surface area contributed by atoms with Gasteiger partial charge in [0.25, 0.3) is 0 Å². The van der Waals surface area contributed by atoms with E-state index in [0.717, 1.165) is 58.1 Å². The van der Waals surface area contributed by atoms with E-state index in [4.69, 9.17) is 0 Å². The van der Waals surface area contributed by atoms with Gasteiger partial charge in [-0.2, -0.15) is 0 Å². The SMILES string of the molecule is O=Cc1ccsc1-c1ccc(-c2ccc(C3(C=O)CC3)cc2)cc1. The summed E-state index contributed by atoms with van der Waals surface area (Å²) in [5, 5.41) is 1.94. The second-order valence-corrected chi connectivity index (χ2v) is 7.17. The Morgan fingerprint density at radius 1 is 0.792 bits per heavy atom. The molecule has 3 aromatic rings.